The summed E-state index contributed by atoms with van der Waals surface area (Å²) < 4.78 is 11.2. The highest BCUT2D eigenvalue weighted by Gasteiger charge is 2.09. The first-order chi connectivity index (χ1) is 15.2. The van der Waals surface area contributed by atoms with Gasteiger partial charge in [0.2, 0.25) is 0 Å². The molecular weight excluding hydrogens is 390 g/mol. The van der Waals surface area contributed by atoms with Crippen molar-refractivity contribution < 1.29 is 14.3 Å². The molecule has 0 saturated carbocycles. The highest BCUT2D eigenvalue weighted by Crippen LogP contribution is 2.07. The zero-order chi connectivity index (χ0) is 22.2. The van der Waals surface area contributed by atoms with Gasteiger partial charge in [0.25, 0.3) is 5.91 Å². The van der Waals surface area contributed by atoms with Crippen LogP contribution in [0.25, 0.3) is 0 Å². The van der Waals surface area contributed by atoms with Gasteiger partial charge < -0.3 is 19.7 Å². The Balaban J connectivity index is 1.63. The quantitative estimate of drug-likeness (QED) is 0.417. The Morgan fingerprint density at radius 2 is 1.48 bits per heavy atom. The molecule has 2 aromatic rings. The summed E-state index contributed by atoms with van der Waals surface area (Å²) >= 11 is 0. The fourth-order valence-electron chi connectivity index (χ4n) is 3.21. The molecule has 2 aromatic carbocycles. The molecule has 0 aliphatic rings. The lowest BCUT2D eigenvalue weighted by Gasteiger charge is -2.26. The lowest BCUT2D eigenvalue weighted by atomic mass is 10.2. The third-order valence-electron chi connectivity index (χ3n) is 5.11. The number of amides is 1. The van der Waals surface area contributed by atoms with Gasteiger partial charge in [-0.15, -0.1) is 0 Å². The topological polar surface area (TPSA) is 54.0 Å². The Labute approximate surface area is 187 Å². The van der Waals surface area contributed by atoms with Gasteiger partial charge in [-0.05, 0) is 30.8 Å². The fraction of sp³-hybridized carbons (Fsp3) is 0.480. The van der Waals surface area contributed by atoms with E-state index in [4.69, 9.17) is 9.47 Å². The van der Waals surface area contributed by atoms with Crippen LogP contribution in [0.5, 0.6) is 5.75 Å². The summed E-state index contributed by atoms with van der Waals surface area (Å²) in [6.45, 7) is 12.0. The van der Waals surface area contributed by atoms with E-state index in [9.17, 15) is 4.79 Å². The van der Waals surface area contributed by atoms with E-state index in [0.717, 1.165) is 39.3 Å². The Kier molecular flexibility index (Phi) is 12.3. The number of ether oxygens (including phenoxy) is 2. The van der Waals surface area contributed by atoms with Gasteiger partial charge >= 0.3 is 0 Å². The Hall–Kier alpha value is -2.41. The third kappa shape index (κ3) is 11.0. The molecule has 6 nitrogen and oxygen atoms in total. The van der Waals surface area contributed by atoms with E-state index in [-0.39, 0.29) is 12.5 Å². The van der Waals surface area contributed by atoms with E-state index in [0.29, 0.717) is 25.5 Å². The third-order valence-corrected chi connectivity index (χ3v) is 5.11. The van der Waals surface area contributed by atoms with Gasteiger partial charge in [-0.2, -0.15) is 0 Å². The number of benzene rings is 2. The molecule has 0 unspecified atom stereocenters. The van der Waals surface area contributed by atoms with Crippen LogP contribution in [0.2, 0.25) is 0 Å². The number of nitrogens with one attached hydrogen (secondary N) is 1. The summed E-state index contributed by atoms with van der Waals surface area (Å²) in [5, 5.41) is 2.83. The number of hydrogen-bond acceptors (Lipinski definition) is 5. The molecule has 1 amide bonds. The molecule has 31 heavy (non-hydrogen) atoms. The number of para-hydroxylation sites is 1. The van der Waals surface area contributed by atoms with Crippen molar-refractivity contribution in [2.75, 3.05) is 59.1 Å². The van der Waals surface area contributed by atoms with E-state index >= 15 is 0 Å². The van der Waals surface area contributed by atoms with Crippen LogP contribution in [0.4, 0.5) is 0 Å². The predicted molar refractivity (Wildman–Crippen MR) is 125 cm³/mol. The molecule has 0 aliphatic heterocycles. The Bertz CT molecular complexity index is 708. The molecule has 0 saturated heterocycles. The molecule has 0 aliphatic carbocycles. The first kappa shape index (κ1) is 24.9. The maximum Gasteiger partial charge on any atom is 0.258 e. The lowest BCUT2D eigenvalue weighted by Crippen LogP contribution is -2.37. The van der Waals surface area contributed by atoms with E-state index < -0.39 is 0 Å². The average molecular weight is 428 g/mol. The van der Waals surface area contributed by atoms with Crippen molar-refractivity contribution >= 4 is 5.91 Å². The van der Waals surface area contributed by atoms with Gasteiger partial charge in [0.1, 0.15) is 5.75 Å². The molecule has 6 heteroatoms. The SMILES string of the molecule is CCN(CC)CCN(CCOCCNC(=O)COc1ccccc1)Cc1ccccc1. The van der Waals surface area contributed by atoms with Crippen molar-refractivity contribution in [3.63, 3.8) is 0 Å². The standard InChI is InChI=1S/C25H37N3O3/c1-3-27(4-2)16-17-28(21-23-11-7-5-8-12-23)18-20-30-19-15-26-25(29)22-31-24-13-9-6-10-14-24/h5-14H,3-4,15-22H2,1-2H3,(H,26,29). The zero-order valence-corrected chi connectivity index (χ0v) is 19.0. The van der Waals surface area contributed by atoms with Crippen molar-refractivity contribution in [3.05, 3.63) is 66.2 Å². The molecule has 0 heterocycles. The molecule has 170 valence electrons. The maximum atomic E-state index is 11.9. The van der Waals surface area contributed by atoms with Crippen LogP contribution in [-0.4, -0.2) is 74.8 Å². The normalized spacial score (nSPS) is 11.1. The molecule has 0 fully saturated rings. The summed E-state index contributed by atoms with van der Waals surface area (Å²) in [5.41, 5.74) is 1.31. The van der Waals surface area contributed by atoms with Crippen LogP contribution in [0, 0.1) is 0 Å². The number of rotatable bonds is 16. The monoisotopic (exact) mass is 427 g/mol. The number of carbonyl (C=O) groups is 1. The number of carbonyl (C=O) groups excluding carboxylic acids is 1. The van der Waals surface area contributed by atoms with E-state index in [2.05, 4.69) is 53.2 Å². The molecule has 0 radical (unpaired) electrons. The van der Waals surface area contributed by atoms with E-state index in [1.165, 1.54) is 5.56 Å². The summed E-state index contributed by atoms with van der Waals surface area (Å²) in [7, 11) is 0. The van der Waals surface area contributed by atoms with Gasteiger partial charge in [-0.1, -0.05) is 62.4 Å². The van der Waals surface area contributed by atoms with Crippen molar-refractivity contribution in [1.29, 1.82) is 0 Å². The summed E-state index contributed by atoms with van der Waals surface area (Å²) in [6, 6.07) is 19.9. The number of nitrogens with zero attached hydrogens (tertiary/aromatic N) is 2. The minimum absolute atomic E-state index is 0.0141. The van der Waals surface area contributed by atoms with Crippen LogP contribution < -0.4 is 10.1 Å². The number of likely N-dealkylation sites (N-methyl/N-ethyl adjacent to an activating group) is 1. The van der Waals surface area contributed by atoms with Crippen molar-refractivity contribution in [3.8, 4) is 5.75 Å². The molecule has 0 spiro atoms. The van der Waals surface area contributed by atoms with E-state index in [1.807, 2.05) is 36.4 Å². The van der Waals surface area contributed by atoms with Crippen molar-refractivity contribution in [2.24, 2.45) is 0 Å². The first-order valence-corrected chi connectivity index (χ1v) is 11.2. The van der Waals surface area contributed by atoms with Crippen molar-refractivity contribution in [1.82, 2.24) is 15.1 Å². The van der Waals surface area contributed by atoms with E-state index in [1.54, 1.807) is 0 Å². The molecule has 2 rings (SSSR count). The first-order valence-electron chi connectivity index (χ1n) is 11.2. The minimum Gasteiger partial charge on any atom is -0.484 e. The van der Waals surface area contributed by atoms with Gasteiger partial charge in [0.05, 0.1) is 13.2 Å². The highest BCUT2D eigenvalue weighted by molar-refractivity contribution is 5.77. The summed E-state index contributed by atoms with van der Waals surface area (Å²) in [5.74, 6) is 0.550. The second kappa shape index (κ2) is 15.4. The van der Waals surface area contributed by atoms with Gasteiger partial charge in [-0.25, -0.2) is 0 Å². The number of hydrogen-bond donors (Lipinski definition) is 1. The van der Waals surface area contributed by atoms with Crippen molar-refractivity contribution in [2.45, 2.75) is 20.4 Å². The van der Waals surface area contributed by atoms with Crippen LogP contribution in [0.15, 0.2) is 60.7 Å². The van der Waals surface area contributed by atoms with Crippen LogP contribution in [-0.2, 0) is 16.1 Å². The van der Waals surface area contributed by atoms with Gasteiger partial charge in [0, 0.05) is 32.7 Å². The van der Waals surface area contributed by atoms with Gasteiger partial charge in [0.15, 0.2) is 6.61 Å². The molecule has 1 N–H and O–H groups in total. The highest BCUT2D eigenvalue weighted by atomic mass is 16.5. The largest absolute Gasteiger partial charge is 0.484 e. The predicted octanol–water partition coefficient (Wildman–Crippen LogP) is 3.04. The second-order valence-corrected chi connectivity index (χ2v) is 7.35. The van der Waals surface area contributed by atoms with Crippen LogP contribution >= 0.6 is 0 Å². The summed E-state index contributed by atoms with van der Waals surface area (Å²) in [6.07, 6.45) is 0. The van der Waals surface area contributed by atoms with Gasteiger partial charge in [-0.3, -0.25) is 9.69 Å². The lowest BCUT2D eigenvalue weighted by molar-refractivity contribution is -0.123. The second-order valence-electron chi connectivity index (χ2n) is 7.35. The zero-order valence-electron chi connectivity index (χ0n) is 19.0. The Morgan fingerprint density at radius 3 is 2.16 bits per heavy atom. The molecule has 0 aromatic heterocycles. The fourth-order valence-corrected chi connectivity index (χ4v) is 3.21. The Morgan fingerprint density at radius 1 is 0.839 bits per heavy atom. The minimum atomic E-state index is -0.141. The smallest absolute Gasteiger partial charge is 0.258 e. The molecule has 0 bridgehead atoms. The molecular formula is C25H37N3O3. The van der Waals surface area contributed by atoms with Crippen LogP contribution in [0.3, 0.4) is 0 Å². The maximum absolute atomic E-state index is 11.9. The van der Waals surface area contributed by atoms with Crippen LogP contribution in [0.1, 0.15) is 19.4 Å². The summed E-state index contributed by atoms with van der Waals surface area (Å²) in [4.78, 5) is 16.7. The molecule has 0 atom stereocenters. The average Bonchev–Trinajstić information content (AvgIpc) is 2.81.